The van der Waals surface area contributed by atoms with Crippen LogP contribution in [0.5, 0.6) is 0 Å². The quantitative estimate of drug-likeness (QED) is 0.568. The van der Waals surface area contributed by atoms with Gasteiger partial charge < -0.3 is 4.90 Å². The van der Waals surface area contributed by atoms with Crippen LogP contribution in [0.3, 0.4) is 0 Å². The van der Waals surface area contributed by atoms with Crippen molar-refractivity contribution in [1.82, 2.24) is 0 Å². The molecule has 0 unspecified atom stereocenters. The van der Waals surface area contributed by atoms with Crippen molar-refractivity contribution in [3.05, 3.63) is 71.1 Å². The van der Waals surface area contributed by atoms with Crippen molar-refractivity contribution >= 4 is 34.6 Å². The summed E-state index contributed by atoms with van der Waals surface area (Å²) in [5.41, 5.74) is 4.91. The second kappa shape index (κ2) is 7.80. The first-order valence-electron chi connectivity index (χ1n) is 10.7. The highest BCUT2D eigenvalue weighted by atomic mass is 19.1. The van der Waals surface area contributed by atoms with Crippen molar-refractivity contribution in [2.75, 3.05) is 16.5 Å². The van der Waals surface area contributed by atoms with Gasteiger partial charge in [-0.25, -0.2) is 4.39 Å². The van der Waals surface area contributed by atoms with E-state index in [0.29, 0.717) is 22.5 Å². The van der Waals surface area contributed by atoms with E-state index in [9.17, 15) is 4.79 Å². The molecule has 1 amide bonds. The van der Waals surface area contributed by atoms with Gasteiger partial charge in [-0.05, 0) is 70.0 Å². The molecule has 2 aliphatic heterocycles. The molecule has 160 valence electrons. The minimum Gasteiger partial charge on any atom is -0.362 e. The molecule has 0 aromatic heterocycles. The maximum Gasteiger partial charge on any atom is 0.280 e. The van der Waals surface area contributed by atoms with Crippen molar-refractivity contribution in [2.45, 2.75) is 46.6 Å². The number of allylic oxidation sites excluding steroid dienone is 1. The molecule has 4 nitrogen and oxygen atoms in total. The molecule has 0 N–H and O–H groups in total. The number of nitrogens with zero attached hydrogens (tertiary/aromatic N) is 3. The van der Waals surface area contributed by atoms with Crippen molar-refractivity contribution in [3.8, 4) is 0 Å². The Kier molecular flexibility index (Phi) is 5.29. The van der Waals surface area contributed by atoms with Crippen LogP contribution in [0.4, 0.5) is 15.8 Å². The normalized spacial score (nSPS) is 18.9. The Balaban J connectivity index is 1.76. The first-order valence-corrected chi connectivity index (χ1v) is 10.7. The summed E-state index contributed by atoms with van der Waals surface area (Å²) < 4.78 is 15.2. The zero-order chi connectivity index (χ0) is 22.3. The van der Waals surface area contributed by atoms with Gasteiger partial charge in [-0.3, -0.25) is 4.79 Å². The van der Waals surface area contributed by atoms with Crippen LogP contribution in [-0.4, -0.2) is 23.7 Å². The number of amides is 1. The van der Waals surface area contributed by atoms with Gasteiger partial charge in [-0.2, -0.15) is 10.1 Å². The number of hydrogen-bond acceptors (Lipinski definition) is 3. The molecule has 0 spiro atoms. The van der Waals surface area contributed by atoms with Crippen LogP contribution in [0.15, 0.2) is 59.2 Å². The second-order valence-corrected chi connectivity index (χ2v) is 8.72. The number of benzene rings is 2. The van der Waals surface area contributed by atoms with Gasteiger partial charge in [-0.1, -0.05) is 31.2 Å². The summed E-state index contributed by atoms with van der Waals surface area (Å²) in [6.07, 6.45) is 4.82. The van der Waals surface area contributed by atoms with E-state index in [1.54, 1.807) is 19.1 Å². The molecule has 31 heavy (non-hydrogen) atoms. The molecule has 2 aromatic rings. The van der Waals surface area contributed by atoms with Gasteiger partial charge >= 0.3 is 0 Å². The van der Waals surface area contributed by atoms with Crippen molar-refractivity contribution in [1.29, 1.82) is 0 Å². The molecule has 0 saturated heterocycles. The van der Waals surface area contributed by atoms with Gasteiger partial charge in [0.25, 0.3) is 5.91 Å². The maximum atomic E-state index is 15.2. The summed E-state index contributed by atoms with van der Waals surface area (Å²) in [6, 6.07) is 12.7. The lowest BCUT2D eigenvalue weighted by atomic mass is 9.87. The van der Waals surface area contributed by atoms with Gasteiger partial charge in [0.15, 0.2) is 0 Å². The standard InChI is InChI=1S/C26H28FN3O/c1-6-12-29-24-15-23(27)19(13-21(24)17(2)16-26(29,4)5)14-22-18(3)28-30(25(22)31)20-10-8-7-9-11-20/h7-11,13-16H,6,12H2,1-5H3/b22-14-. The van der Waals surface area contributed by atoms with Gasteiger partial charge in [0.2, 0.25) is 0 Å². The molecule has 5 heteroatoms. The lowest BCUT2D eigenvalue weighted by Crippen LogP contribution is -2.45. The molecule has 0 bridgehead atoms. The summed E-state index contributed by atoms with van der Waals surface area (Å²) >= 11 is 0. The lowest BCUT2D eigenvalue weighted by Gasteiger charge is -2.43. The summed E-state index contributed by atoms with van der Waals surface area (Å²) in [6.45, 7) is 11.1. The van der Waals surface area contributed by atoms with E-state index in [0.717, 1.165) is 29.8 Å². The predicted molar refractivity (Wildman–Crippen MR) is 127 cm³/mol. The van der Waals surface area contributed by atoms with Crippen LogP contribution < -0.4 is 9.91 Å². The number of para-hydroxylation sites is 1. The topological polar surface area (TPSA) is 35.9 Å². The Labute approximate surface area is 183 Å². The van der Waals surface area contributed by atoms with E-state index in [2.05, 4.69) is 43.8 Å². The number of rotatable bonds is 4. The molecule has 0 fully saturated rings. The molecule has 2 heterocycles. The second-order valence-electron chi connectivity index (χ2n) is 8.72. The van der Waals surface area contributed by atoms with E-state index < -0.39 is 0 Å². The Hall–Kier alpha value is -3.21. The zero-order valence-electron chi connectivity index (χ0n) is 18.7. The van der Waals surface area contributed by atoms with Crippen LogP contribution in [0.1, 0.15) is 52.2 Å². The summed E-state index contributed by atoms with van der Waals surface area (Å²) in [4.78, 5) is 15.3. The van der Waals surface area contributed by atoms with Crippen LogP contribution in [-0.2, 0) is 4.79 Å². The van der Waals surface area contributed by atoms with Crippen molar-refractivity contribution in [3.63, 3.8) is 0 Å². The fourth-order valence-corrected chi connectivity index (χ4v) is 4.44. The summed E-state index contributed by atoms with van der Waals surface area (Å²) in [7, 11) is 0. The van der Waals surface area contributed by atoms with Gasteiger partial charge in [-0.15, -0.1) is 0 Å². The van der Waals surface area contributed by atoms with Crippen LogP contribution >= 0.6 is 0 Å². The van der Waals surface area contributed by atoms with Crippen LogP contribution in [0.2, 0.25) is 0 Å². The Morgan fingerprint density at radius 2 is 1.84 bits per heavy atom. The monoisotopic (exact) mass is 417 g/mol. The summed E-state index contributed by atoms with van der Waals surface area (Å²) in [5.74, 6) is -0.585. The highest BCUT2D eigenvalue weighted by Gasteiger charge is 2.32. The molecule has 0 radical (unpaired) electrons. The van der Waals surface area contributed by atoms with Crippen LogP contribution in [0.25, 0.3) is 11.6 Å². The van der Waals surface area contributed by atoms with Gasteiger partial charge in [0.1, 0.15) is 5.82 Å². The third-order valence-electron chi connectivity index (χ3n) is 5.91. The Bertz CT molecular complexity index is 1130. The molecule has 0 aliphatic carbocycles. The first-order chi connectivity index (χ1) is 14.7. The molecule has 2 aromatic carbocycles. The number of hydrazone groups is 1. The molecule has 2 aliphatic rings. The maximum absolute atomic E-state index is 15.2. The van der Waals surface area contributed by atoms with E-state index in [4.69, 9.17) is 0 Å². The number of anilines is 2. The van der Waals surface area contributed by atoms with Crippen LogP contribution in [0, 0.1) is 5.82 Å². The third kappa shape index (κ3) is 3.69. The number of carbonyl (C=O) groups is 1. The highest BCUT2D eigenvalue weighted by Crippen LogP contribution is 2.40. The Morgan fingerprint density at radius 1 is 1.13 bits per heavy atom. The average Bonchev–Trinajstić information content (AvgIpc) is 3.00. The van der Waals surface area contributed by atoms with E-state index >= 15 is 4.39 Å². The van der Waals surface area contributed by atoms with E-state index in [-0.39, 0.29) is 17.3 Å². The third-order valence-corrected chi connectivity index (χ3v) is 5.91. The molecule has 0 saturated carbocycles. The molecule has 0 atom stereocenters. The van der Waals surface area contributed by atoms with Crippen molar-refractivity contribution in [2.24, 2.45) is 5.10 Å². The molecular weight excluding hydrogens is 389 g/mol. The first kappa shape index (κ1) is 21.0. The molecule has 4 rings (SSSR count). The Morgan fingerprint density at radius 3 is 2.52 bits per heavy atom. The van der Waals surface area contributed by atoms with Gasteiger partial charge in [0.05, 0.1) is 22.5 Å². The fraction of sp³-hybridized carbons (Fsp3) is 0.308. The minimum atomic E-state index is -0.336. The summed E-state index contributed by atoms with van der Waals surface area (Å²) in [5, 5.41) is 5.76. The van der Waals surface area contributed by atoms with Gasteiger partial charge in [0, 0.05) is 23.4 Å². The number of hydrogen-bond donors (Lipinski definition) is 0. The molecular formula is C26H28FN3O. The number of carbonyl (C=O) groups excluding carboxylic acids is 1. The minimum absolute atomic E-state index is 0.180. The largest absolute Gasteiger partial charge is 0.362 e. The predicted octanol–water partition coefficient (Wildman–Crippen LogP) is 6.04. The number of fused-ring (bicyclic) bond motifs is 1. The lowest BCUT2D eigenvalue weighted by molar-refractivity contribution is -0.114. The van der Waals surface area contributed by atoms with E-state index in [1.807, 2.05) is 36.4 Å². The number of halogens is 1. The zero-order valence-corrected chi connectivity index (χ0v) is 18.7. The average molecular weight is 418 g/mol. The smallest absolute Gasteiger partial charge is 0.280 e. The van der Waals surface area contributed by atoms with E-state index in [1.165, 1.54) is 5.01 Å². The fourth-order valence-electron chi connectivity index (χ4n) is 4.44. The highest BCUT2D eigenvalue weighted by molar-refractivity contribution is 6.32. The SMILES string of the molecule is CCCN1c2cc(F)c(/C=C3\C(=O)N(c4ccccc4)N=C3C)cc2C(C)=CC1(C)C. The van der Waals surface area contributed by atoms with Crippen molar-refractivity contribution < 1.29 is 9.18 Å².